The van der Waals surface area contributed by atoms with Gasteiger partial charge in [0.2, 0.25) is 5.69 Å². The summed E-state index contributed by atoms with van der Waals surface area (Å²) in [7, 11) is -0.761. The van der Waals surface area contributed by atoms with Crippen molar-refractivity contribution in [2.75, 3.05) is 0 Å². The molecule has 4 heteroatoms. The van der Waals surface area contributed by atoms with Crippen molar-refractivity contribution in [1.82, 2.24) is 0 Å². The van der Waals surface area contributed by atoms with Crippen LogP contribution in [0.1, 0.15) is 5.56 Å². The molecule has 0 aliphatic rings. The van der Waals surface area contributed by atoms with Crippen LogP contribution < -0.4 is 14.9 Å². The van der Waals surface area contributed by atoms with Gasteiger partial charge in [-0.15, -0.1) is 0 Å². The highest BCUT2D eigenvalue weighted by atomic mass is 28.3. The van der Waals surface area contributed by atoms with Gasteiger partial charge in [-0.25, -0.2) is 8.96 Å². The SMILES string of the molecule is Cc1cc(F)ccc1-c1cc([Si](C)(C)C)c([Si](C)(C)C)c[n+]1C. The molecular formula is C19H29FNSi2+. The number of pyridine rings is 1. The second-order valence-corrected chi connectivity index (χ2v) is 18.6. The normalized spacial score (nSPS) is 12.6. The van der Waals surface area contributed by atoms with Gasteiger partial charge < -0.3 is 0 Å². The number of benzene rings is 1. The van der Waals surface area contributed by atoms with Crippen molar-refractivity contribution in [2.45, 2.75) is 46.2 Å². The van der Waals surface area contributed by atoms with Crippen LogP contribution in [-0.4, -0.2) is 16.1 Å². The van der Waals surface area contributed by atoms with Crippen molar-refractivity contribution >= 4 is 26.5 Å². The van der Waals surface area contributed by atoms with E-state index < -0.39 is 16.1 Å². The fraction of sp³-hybridized carbons (Fsp3) is 0.421. The van der Waals surface area contributed by atoms with E-state index in [-0.39, 0.29) is 5.82 Å². The number of rotatable bonds is 3. The zero-order valence-corrected chi connectivity index (χ0v) is 17.7. The van der Waals surface area contributed by atoms with E-state index >= 15 is 0 Å². The van der Waals surface area contributed by atoms with Gasteiger partial charge in [0.05, 0.1) is 16.1 Å². The van der Waals surface area contributed by atoms with Crippen LogP contribution in [-0.2, 0) is 7.05 Å². The van der Waals surface area contributed by atoms with E-state index in [9.17, 15) is 4.39 Å². The van der Waals surface area contributed by atoms with Crippen molar-refractivity contribution < 1.29 is 8.96 Å². The predicted octanol–water partition coefficient (Wildman–Crippen LogP) is 3.72. The van der Waals surface area contributed by atoms with Crippen LogP contribution >= 0.6 is 0 Å². The zero-order chi connectivity index (χ0) is 17.6. The largest absolute Gasteiger partial charge is 0.212 e. The number of nitrogens with zero attached hydrogens (tertiary/aromatic N) is 1. The van der Waals surface area contributed by atoms with Crippen LogP contribution in [0.3, 0.4) is 0 Å². The minimum atomic E-state index is -1.46. The van der Waals surface area contributed by atoms with Gasteiger partial charge in [-0.2, -0.15) is 0 Å². The van der Waals surface area contributed by atoms with E-state index in [1.165, 1.54) is 5.69 Å². The van der Waals surface area contributed by atoms with E-state index in [1.807, 2.05) is 13.0 Å². The lowest BCUT2D eigenvalue weighted by atomic mass is 10.0. The number of hydrogen-bond acceptors (Lipinski definition) is 0. The smallest absolute Gasteiger partial charge is 0.207 e. The molecule has 2 rings (SSSR count). The van der Waals surface area contributed by atoms with Crippen LogP contribution in [0.15, 0.2) is 30.5 Å². The Morgan fingerprint density at radius 3 is 1.91 bits per heavy atom. The molecule has 0 amide bonds. The summed E-state index contributed by atoms with van der Waals surface area (Å²) in [6.45, 7) is 16.4. The maximum absolute atomic E-state index is 13.5. The van der Waals surface area contributed by atoms with Crippen LogP contribution in [0.2, 0.25) is 39.3 Å². The molecule has 0 N–H and O–H groups in total. The first-order chi connectivity index (χ1) is 10.4. The van der Waals surface area contributed by atoms with Crippen molar-refractivity contribution in [1.29, 1.82) is 0 Å². The lowest BCUT2D eigenvalue weighted by Gasteiger charge is -2.27. The minimum Gasteiger partial charge on any atom is -0.207 e. The van der Waals surface area contributed by atoms with E-state index in [4.69, 9.17) is 0 Å². The Balaban J connectivity index is 2.77. The maximum atomic E-state index is 13.5. The standard InChI is InChI=1S/C19H29FNSi2/c1-14-11-15(20)9-10-16(14)17-12-18(22(3,4)5)19(13-21(17)2)23(6,7)8/h9-13H,1-8H3/q+1. The zero-order valence-electron chi connectivity index (χ0n) is 15.7. The van der Waals surface area contributed by atoms with Crippen molar-refractivity contribution in [3.8, 4) is 11.3 Å². The summed E-state index contributed by atoms with van der Waals surface area (Å²) in [4.78, 5) is 0. The predicted molar refractivity (Wildman–Crippen MR) is 104 cm³/mol. The number of aryl methyl sites for hydroxylation is 2. The first-order valence-electron chi connectivity index (χ1n) is 8.22. The van der Waals surface area contributed by atoms with Gasteiger partial charge >= 0.3 is 0 Å². The third-order valence-electron chi connectivity index (χ3n) is 4.35. The highest BCUT2D eigenvalue weighted by Crippen LogP contribution is 2.21. The molecule has 1 nitrogen and oxygen atoms in total. The van der Waals surface area contributed by atoms with Gasteiger partial charge in [0, 0.05) is 16.8 Å². The van der Waals surface area contributed by atoms with Crippen LogP contribution in [0.5, 0.6) is 0 Å². The molecule has 0 spiro atoms. The Morgan fingerprint density at radius 1 is 0.870 bits per heavy atom. The van der Waals surface area contributed by atoms with Crippen molar-refractivity contribution in [2.24, 2.45) is 7.05 Å². The summed E-state index contributed by atoms with van der Waals surface area (Å²) in [5, 5.41) is 3.11. The maximum Gasteiger partial charge on any atom is 0.212 e. The lowest BCUT2D eigenvalue weighted by Crippen LogP contribution is -2.59. The molecule has 0 saturated carbocycles. The first-order valence-corrected chi connectivity index (χ1v) is 15.2. The van der Waals surface area contributed by atoms with E-state index in [0.29, 0.717) is 0 Å². The second-order valence-electron chi connectivity index (χ2n) is 8.56. The quantitative estimate of drug-likeness (QED) is 0.589. The Morgan fingerprint density at radius 2 is 1.43 bits per heavy atom. The molecule has 0 atom stereocenters. The first kappa shape index (κ1) is 18.1. The summed E-state index contributed by atoms with van der Waals surface area (Å²) in [6, 6.07) is 7.46. The molecular weight excluding hydrogens is 317 g/mol. The van der Waals surface area contributed by atoms with Gasteiger partial charge in [0.1, 0.15) is 12.9 Å². The van der Waals surface area contributed by atoms with Crippen molar-refractivity contribution in [3.05, 3.63) is 41.8 Å². The van der Waals surface area contributed by atoms with Gasteiger partial charge in [-0.1, -0.05) is 39.3 Å². The molecule has 0 bridgehead atoms. The average Bonchev–Trinajstić information content (AvgIpc) is 2.36. The van der Waals surface area contributed by atoms with E-state index in [1.54, 1.807) is 22.5 Å². The molecule has 1 aromatic carbocycles. The molecule has 0 radical (unpaired) electrons. The summed E-state index contributed by atoms with van der Waals surface area (Å²) < 4.78 is 15.7. The van der Waals surface area contributed by atoms with E-state index in [0.717, 1.165) is 11.1 Å². The molecule has 124 valence electrons. The summed E-state index contributed by atoms with van der Waals surface area (Å²) in [5.74, 6) is -0.168. The average molecular weight is 347 g/mol. The number of halogens is 1. The monoisotopic (exact) mass is 346 g/mol. The van der Waals surface area contributed by atoms with Crippen molar-refractivity contribution in [3.63, 3.8) is 0 Å². The highest BCUT2D eigenvalue weighted by Gasteiger charge is 2.32. The van der Waals surface area contributed by atoms with Gasteiger partial charge in [0.15, 0.2) is 6.20 Å². The fourth-order valence-electron chi connectivity index (χ4n) is 3.05. The highest BCUT2D eigenvalue weighted by molar-refractivity contribution is 6.98. The second kappa shape index (κ2) is 5.98. The van der Waals surface area contributed by atoms with E-state index in [2.05, 4.69) is 63.2 Å². The third kappa shape index (κ3) is 3.80. The minimum absolute atomic E-state index is 0.168. The lowest BCUT2D eigenvalue weighted by molar-refractivity contribution is -0.659. The molecule has 0 aliphatic heterocycles. The molecule has 0 aliphatic carbocycles. The summed E-state index contributed by atoms with van der Waals surface area (Å²) in [5.41, 5.74) is 3.29. The van der Waals surface area contributed by atoms with Crippen LogP contribution in [0.4, 0.5) is 4.39 Å². The third-order valence-corrected chi connectivity index (χ3v) is 8.65. The number of hydrogen-bond donors (Lipinski definition) is 0. The topological polar surface area (TPSA) is 3.88 Å². The Hall–Kier alpha value is -1.27. The molecule has 0 fully saturated rings. The van der Waals surface area contributed by atoms with Gasteiger partial charge in [-0.3, -0.25) is 0 Å². The molecule has 0 unspecified atom stereocenters. The molecule has 1 aromatic heterocycles. The molecule has 2 aromatic rings. The van der Waals surface area contributed by atoms with Gasteiger partial charge in [-0.05, 0) is 35.9 Å². The van der Waals surface area contributed by atoms with Crippen LogP contribution in [0.25, 0.3) is 11.3 Å². The Kier molecular flexibility index (Phi) is 4.70. The molecule has 0 saturated heterocycles. The molecule has 1 heterocycles. The van der Waals surface area contributed by atoms with Crippen LogP contribution in [0, 0.1) is 12.7 Å². The number of aromatic nitrogens is 1. The Labute approximate surface area is 142 Å². The molecule has 23 heavy (non-hydrogen) atoms. The summed E-state index contributed by atoms with van der Waals surface area (Å²) in [6.07, 6.45) is 2.33. The summed E-state index contributed by atoms with van der Waals surface area (Å²) >= 11 is 0. The fourth-order valence-corrected chi connectivity index (χ4v) is 8.20. The van der Waals surface area contributed by atoms with Gasteiger partial charge in [0.25, 0.3) is 0 Å². The Bertz CT molecular complexity index is 740.